The van der Waals surface area contributed by atoms with Crippen LogP contribution in [-0.4, -0.2) is 17.7 Å². The number of aromatic amines is 1. The molecule has 1 aromatic heterocycles. The number of hydrogen-bond acceptors (Lipinski definition) is 1. The van der Waals surface area contributed by atoms with Gasteiger partial charge in [0.25, 0.3) is 0 Å². The molecule has 1 heterocycles. The summed E-state index contributed by atoms with van der Waals surface area (Å²) in [5.41, 5.74) is 3.68. The van der Waals surface area contributed by atoms with E-state index >= 15 is 0 Å². The smallest absolute Gasteiger partial charge is 0.0622 e. The number of aromatic nitrogens is 1. The number of H-pyrrole nitrogens is 1. The lowest BCUT2D eigenvalue weighted by Crippen LogP contribution is -2.21. The summed E-state index contributed by atoms with van der Waals surface area (Å²) < 4.78 is 5.41. The van der Waals surface area contributed by atoms with Crippen molar-refractivity contribution in [2.45, 2.75) is 104 Å². The molecule has 0 aliphatic rings. The van der Waals surface area contributed by atoms with Crippen molar-refractivity contribution in [2.24, 2.45) is 0 Å². The topological polar surface area (TPSA) is 25.0 Å². The molecular weight excluding hydrogens is 402 g/mol. The quantitative estimate of drug-likeness (QED) is 0.272. The van der Waals surface area contributed by atoms with Crippen LogP contribution in [0.2, 0.25) is 0 Å². The maximum absolute atomic E-state index is 5.41. The molecule has 33 heavy (non-hydrogen) atoms. The van der Waals surface area contributed by atoms with E-state index in [0.29, 0.717) is 0 Å². The zero-order chi connectivity index (χ0) is 24.4. The van der Waals surface area contributed by atoms with E-state index in [4.69, 9.17) is 4.74 Å². The van der Waals surface area contributed by atoms with E-state index in [1.165, 1.54) is 86.4 Å². The highest BCUT2D eigenvalue weighted by atomic mass is 16.5. The molecule has 2 aromatic carbocycles. The van der Waals surface area contributed by atoms with Gasteiger partial charge in [-0.15, -0.1) is 0 Å². The van der Waals surface area contributed by atoms with E-state index in [2.05, 4.69) is 74.3 Å². The minimum absolute atomic E-state index is 0.0845. The van der Waals surface area contributed by atoms with Crippen LogP contribution >= 0.6 is 0 Å². The Hall–Kier alpha value is -2.06. The number of ether oxygens (including phenoxy) is 1. The van der Waals surface area contributed by atoms with Gasteiger partial charge in [0, 0.05) is 23.7 Å². The zero-order valence-corrected chi connectivity index (χ0v) is 22.3. The number of methoxy groups -OCH3 is 1. The number of fused-ring (bicyclic) bond motifs is 1. The van der Waals surface area contributed by atoms with Gasteiger partial charge >= 0.3 is 0 Å². The number of hydrogen-bond donors (Lipinski definition) is 1. The molecule has 0 aliphatic carbocycles. The Morgan fingerprint density at radius 2 is 1.27 bits per heavy atom. The first-order valence-electron chi connectivity index (χ1n) is 13.2. The molecular formula is C31H49NO. The summed E-state index contributed by atoms with van der Waals surface area (Å²) >= 11 is 0. The number of rotatable bonds is 12. The van der Waals surface area contributed by atoms with E-state index in [-0.39, 0.29) is 5.60 Å². The Kier molecular flexibility index (Phi) is 15.3. The summed E-state index contributed by atoms with van der Waals surface area (Å²) in [6, 6.07) is 20.9. The molecule has 0 atom stereocenters. The fourth-order valence-corrected chi connectivity index (χ4v) is 3.81. The molecule has 0 bridgehead atoms. The predicted molar refractivity (Wildman–Crippen MR) is 148 cm³/mol. The highest BCUT2D eigenvalue weighted by Gasteiger charge is 2.14. The molecule has 0 spiro atoms. The van der Waals surface area contributed by atoms with E-state index in [1.54, 1.807) is 0 Å². The molecule has 0 radical (unpaired) electrons. The molecule has 2 heteroatoms. The lowest BCUT2D eigenvalue weighted by atomic mass is 9.99. The minimum atomic E-state index is 0.0845. The van der Waals surface area contributed by atoms with Crippen LogP contribution in [-0.2, 0) is 4.74 Å². The summed E-state index contributed by atoms with van der Waals surface area (Å²) in [7, 11) is 1.81. The Labute approximate surface area is 204 Å². The maximum Gasteiger partial charge on any atom is 0.0622 e. The summed E-state index contributed by atoms with van der Waals surface area (Å²) in [4.78, 5) is 3.41. The second-order valence-corrected chi connectivity index (χ2v) is 9.18. The summed E-state index contributed by atoms with van der Waals surface area (Å²) in [5, 5.41) is 1.26. The number of para-hydroxylation sites is 1. The third-order valence-electron chi connectivity index (χ3n) is 6.05. The fourth-order valence-electron chi connectivity index (χ4n) is 3.81. The van der Waals surface area contributed by atoms with Crippen LogP contribution in [0.1, 0.15) is 98.8 Å². The van der Waals surface area contributed by atoms with Crippen LogP contribution in [0.15, 0.2) is 60.7 Å². The second-order valence-electron chi connectivity index (χ2n) is 9.18. The SMILES string of the molecule is CC.CCCCCCCCCCCC(C)(C)OC.c1ccc(-c2cc3ccccc3[nH]2)cc1. The summed E-state index contributed by atoms with van der Waals surface area (Å²) in [6.45, 7) is 10.6. The van der Waals surface area contributed by atoms with E-state index in [1.807, 2.05) is 33.1 Å². The average molecular weight is 452 g/mol. The lowest BCUT2D eigenvalue weighted by molar-refractivity contribution is 0.0134. The predicted octanol–water partition coefficient (Wildman–Crippen LogP) is 10.2. The van der Waals surface area contributed by atoms with Gasteiger partial charge in [0.2, 0.25) is 0 Å². The van der Waals surface area contributed by atoms with Gasteiger partial charge in [-0.2, -0.15) is 0 Å². The average Bonchev–Trinajstić information content (AvgIpc) is 3.30. The summed E-state index contributed by atoms with van der Waals surface area (Å²) in [5.74, 6) is 0. The van der Waals surface area contributed by atoms with Gasteiger partial charge in [-0.25, -0.2) is 0 Å². The van der Waals surface area contributed by atoms with Gasteiger partial charge in [-0.1, -0.05) is 127 Å². The first-order valence-corrected chi connectivity index (χ1v) is 13.2. The Balaban J connectivity index is 0.000000307. The first kappa shape index (κ1) is 29.0. The third-order valence-corrected chi connectivity index (χ3v) is 6.05. The Morgan fingerprint density at radius 3 is 1.85 bits per heavy atom. The second kappa shape index (κ2) is 17.4. The van der Waals surface area contributed by atoms with Crippen molar-refractivity contribution in [3.8, 4) is 11.3 Å². The van der Waals surface area contributed by atoms with Gasteiger partial charge in [-0.3, -0.25) is 0 Å². The molecule has 1 N–H and O–H groups in total. The molecule has 0 saturated carbocycles. The van der Waals surface area contributed by atoms with E-state index < -0.39 is 0 Å². The lowest BCUT2D eigenvalue weighted by Gasteiger charge is -2.22. The van der Waals surface area contributed by atoms with Crippen molar-refractivity contribution >= 4 is 10.9 Å². The number of unbranched alkanes of at least 4 members (excludes halogenated alkanes) is 8. The highest BCUT2D eigenvalue weighted by molar-refractivity contribution is 5.85. The molecule has 0 saturated heterocycles. The Morgan fingerprint density at radius 1 is 0.727 bits per heavy atom. The molecule has 0 fully saturated rings. The molecule has 3 rings (SSSR count). The number of benzene rings is 2. The standard InChI is InChI=1S/C15H32O.C14H11N.C2H6/c1-5-6-7-8-9-10-11-12-13-14-15(2,3)16-4;1-2-6-11(7-3-1)14-10-12-8-4-5-9-13(12)15-14;1-2/h5-14H2,1-4H3;1-10,15H;1-2H3. The Bertz CT molecular complexity index is 801. The molecule has 0 aliphatic heterocycles. The molecule has 3 aromatic rings. The van der Waals surface area contributed by atoms with Crippen LogP contribution in [0, 0.1) is 0 Å². The van der Waals surface area contributed by atoms with Crippen LogP contribution in [0.25, 0.3) is 22.2 Å². The maximum atomic E-state index is 5.41. The van der Waals surface area contributed by atoms with Gasteiger partial charge in [0.05, 0.1) is 5.60 Å². The molecule has 184 valence electrons. The molecule has 2 nitrogen and oxygen atoms in total. The van der Waals surface area contributed by atoms with Gasteiger partial charge in [-0.05, 0) is 38.0 Å². The number of nitrogens with one attached hydrogen (secondary N) is 1. The normalized spacial score (nSPS) is 10.8. The summed E-state index contributed by atoms with van der Waals surface area (Å²) in [6.07, 6.45) is 13.8. The van der Waals surface area contributed by atoms with Crippen molar-refractivity contribution in [3.63, 3.8) is 0 Å². The van der Waals surface area contributed by atoms with Crippen LogP contribution in [0.5, 0.6) is 0 Å². The van der Waals surface area contributed by atoms with Crippen molar-refractivity contribution in [2.75, 3.05) is 7.11 Å². The molecule has 0 amide bonds. The van der Waals surface area contributed by atoms with Crippen molar-refractivity contribution in [1.82, 2.24) is 4.98 Å². The van der Waals surface area contributed by atoms with Crippen molar-refractivity contribution in [3.05, 3.63) is 60.7 Å². The van der Waals surface area contributed by atoms with E-state index in [9.17, 15) is 0 Å². The monoisotopic (exact) mass is 451 g/mol. The largest absolute Gasteiger partial charge is 0.379 e. The molecule has 0 unspecified atom stereocenters. The van der Waals surface area contributed by atoms with Gasteiger partial charge in [0.1, 0.15) is 0 Å². The van der Waals surface area contributed by atoms with Crippen LogP contribution in [0.4, 0.5) is 0 Å². The zero-order valence-electron chi connectivity index (χ0n) is 22.3. The minimum Gasteiger partial charge on any atom is -0.379 e. The van der Waals surface area contributed by atoms with Gasteiger partial charge in [0.15, 0.2) is 0 Å². The van der Waals surface area contributed by atoms with Crippen LogP contribution < -0.4 is 0 Å². The van der Waals surface area contributed by atoms with Crippen molar-refractivity contribution in [1.29, 1.82) is 0 Å². The fraction of sp³-hybridized carbons (Fsp3) is 0.548. The third kappa shape index (κ3) is 12.1. The van der Waals surface area contributed by atoms with Crippen molar-refractivity contribution < 1.29 is 4.74 Å². The van der Waals surface area contributed by atoms with E-state index in [0.717, 1.165) is 0 Å². The highest BCUT2D eigenvalue weighted by Crippen LogP contribution is 2.23. The first-order chi connectivity index (χ1) is 16.1. The van der Waals surface area contributed by atoms with Gasteiger partial charge < -0.3 is 9.72 Å². The van der Waals surface area contributed by atoms with Crippen LogP contribution in [0.3, 0.4) is 0 Å².